The normalized spacial score (nSPS) is 17.3. The third kappa shape index (κ3) is 3.25. The number of fused-ring (bicyclic) bond motifs is 10. The van der Waals surface area contributed by atoms with E-state index in [2.05, 4.69) is 115 Å². The quantitative estimate of drug-likeness (QED) is 0.200. The molecule has 46 heavy (non-hydrogen) atoms. The molecule has 4 heterocycles. The Bertz CT molecular complexity index is 2530. The summed E-state index contributed by atoms with van der Waals surface area (Å²) in [6.45, 7) is 0. The second kappa shape index (κ2) is 9.32. The number of furan rings is 1. The highest BCUT2D eigenvalue weighted by molar-refractivity contribution is 6.07. The van der Waals surface area contributed by atoms with Gasteiger partial charge >= 0.3 is 0 Å². The van der Waals surface area contributed by atoms with E-state index in [1.54, 1.807) is 6.26 Å². The smallest absolute Gasteiger partial charge is 0.299 e. The first-order valence-electron chi connectivity index (χ1n) is 15.8. The minimum Gasteiger partial charge on any atom is -0.458 e. The van der Waals surface area contributed by atoms with Crippen LogP contribution in [0.15, 0.2) is 149 Å². The van der Waals surface area contributed by atoms with Crippen LogP contribution < -0.4 is 10.3 Å². The monoisotopic (exact) mass is 593 g/mol. The molecule has 0 fully saturated rings. The third-order valence-electron chi connectivity index (χ3n) is 9.99. The maximum atomic E-state index is 14.3. The molecule has 0 bridgehead atoms. The van der Waals surface area contributed by atoms with E-state index in [9.17, 15) is 4.79 Å². The SMILES string of the molecule is O=c1c2occc2c2cccc3c2n1-c1ccccc1C31c2cc(C3=CCCC=C3)ccc2Oc2ccc(-c3ccccc3)cc21. The van der Waals surface area contributed by atoms with Gasteiger partial charge in [-0.05, 0) is 82.6 Å². The molecule has 3 aliphatic rings. The maximum Gasteiger partial charge on any atom is 0.299 e. The maximum absolute atomic E-state index is 14.3. The zero-order valence-corrected chi connectivity index (χ0v) is 24.9. The summed E-state index contributed by atoms with van der Waals surface area (Å²) in [5.74, 6) is 1.62. The molecule has 0 radical (unpaired) electrons. The molecular weight excluding hydrogens is 566 g/mol. The number of nitrogens with zero attached hydrogens (tertiary/aromatic N) is 1. The van der Waals surface area contributed by atoms with E-state index >= 15 is 0 Å². The molecule has 4 nitrogen and oxygen atoms in total. The van der Waals surface area contributed by atoms with Crippen molar-refractivity contribution in [2.45, 2.75) is 18.3 Å². The van der Waals surface area contributed by atoms with Gasteiger partial charge < -0.3 is 9.15 Å². The minimum absolute atomic E-state index is 0.154. The topological polar surface area (TPSA) is 44.4 Å². The molecule has 2 aromatic heterocycles. The van der Waals surface area contributed by atoms with Crippen LogP contribution in [-0.2, 0) is 5.41 Å². The molecule has 0 amide bonds. The second-order valence-corrected chi connectivity index (χ2v) is 12.3. The van der Waals surface area contributed by atoms with Gasteiger partial charge in [-0.25, -0.2) is 0 Å². The number of hydrogen-bond donors (Lipinski definition) is 0. The number of allylic oxidation sites excluding steroid dienone is 4. The summed E-state index contributed by atoms with van der Waals surface area (Å²) < 4.78 is 14.5. The van der Waals surface area contributed by atoms with Crippen molar-refractivity contribution >= 4 is 27.4 Å². The summed E-state index contributed by atoms with van der Waals surface area (Å²) in [5.41, 5.74) is 9.99. The van der Waals surface area contributed by atoms with Crippen molar-refractivity contribution in [1.82, 2.24) is 4.57 Å². The molecular formula is C42H27NO3. The van der Waals surface area contributed by atoms with Gasteiger partial charge in [0.25, 0.3) is 5.56 Å². The lowest BCUT2D eigenvalue weighted by Crippen LogP contribution is -2.40. The summed E-state index contributed by atoms with van der Waals surface area (Å²) in [6, 6.07) is 40.3. The molecule has 0 saturated heterocycles. The first kappa shape index (κ1) is 25.5. The largest absolute Gasteiger partial charge is 0.458 e. The number of aromatic nitrogens is 1. The zero-order valence-electron chi connectivity index (χ0n) is 24.9. The van der Waals surface area contributed by atoms with Crippen molar-refractivity contribution in [2.24, 2.45) is 0 Å². The average Bonchev–Trinajstić information content (AvgIpc) is 3.62. The summed E-state index contributed by atoms with van der Waals surface area (Å²) >= 11 is 0. The molecule has 5 aromatic carbocycles. The molecule has 0 N–H and O–H groups in total. The van der Waals surface area contributed by atoms with Gasteiger partial charge in [-0.2, -0.15) is 0 Å². The number of para-hydroxylation sites is 2. The number of hydrogen-bond acceptors (Lipinski definition) is 3. The van der Waals surface area contributed by atoms with Gasteiger partial charge in [-0.3, -0.25) is 9.36 Å². The molecule has 4 heteroatoms. The molecule has 1 aliphatic carbocycles. The van der Waals surface area contributed by atoms with E-state index in [4.69, 9.17) is 9.15 Å². The molecule has 218 valence electrons. The van der Waals surface area contributed by atoms with Crippen molar-refractivity contribution < 1.29 is 9.15 Å². The van der Waals surface area contributed by atoms with Gasteiger partial charge in [-0.15, -0.1) is 0 Å². The summed E-state index contributed by atoms with van der Waals surface area (Å²) in [7, 11) is 0. The lowest BCUT2D eigenvalue weighted by Gasteiger charge is -2.45. The Morgan fingerprint density at radius 2 is 1.39 bits per heavy atom. The summed E-state index contributed by atoms with van der Waals surface area (Å²) in [6.07, 6.45) is 10.5. The van der Waals surface area contributed by atoms with Crippen molar-refractivity contribution in [3.8, 4) is 28.3 Å². The van der Waals surface area contributed by atoms with Crippen molar-refractivity contribution in [2.75, 3.05) is 0 Å². The van der Waals surface area contributed by atoms with Crippen LogP contribution in [0, 0.1) is 0 Å². The van der Waals surface area contributed by atoms with E-state index in [0.717, 1.165) is 85.3 Å². The van der Waals surface area contributed by atoms with E-state index in [0.29, 0.717) is 5.58 Å². The van der Waals surface area contributed by atoms with Gasteiger partial charge in [0, 0.05) is 21.9 Å². The highest BCUT2D eigenvalue weighted by atomic mass is 16.5. The van der Waals surface area contributed by atoms with Crippen LogP contribution in [0.5, 0.6) is 11.5 Å². The van der Waals surface area contributed by atoms with Gasteiger partial charge in [0.1, 0.15) is 11.5 Å². The zero-order chi connectivity index (χ0) is 30.4. The van der Waals surface area contributed by atoms with Crippen LogP contribution in [0.25, 0.3) is 44.3 Å². The predicted molar refractivity (Wildman–Crippen MR) is 183 cm³/mol. The molecule has 2 aliphatic heterocycles. The number of pyridine rings is 1. The number of benzene rings is 5. The van der Waals surface area contributed by atoms with Crippen molar-refractivity contribution in [3.05, 3.63) is 178 Å². The molecule has 0 saturated carbocycles. The Labute approximate surface area is 265 Å². The predicted octanol–water partition coefficient (Wildman–Crippen LogP) is 9.94. The van der Waals surface area contributed by atoms with Crippen LogP contribution in [0.4, 0.5) is 0 Å². The van der Waals surface area contributed by atoms with E-state index in [1.807, 2.05) is 22.8 Å². The lowest BCUT2D eigenvalue weighted by molar-refractivity contribution is 0.433. The first-order chi connectivity index (χ1) is 22.7. The van der Waals surface area contributed by atoms with Crippen LogP contribution in [0.1, 0.15) is 40.7 Å². The number of ether oxygens (including phenoxy) is 1. The molecule has 10 rings (SSSR count). The Balaban J connectivity index is 1.41. The second-order valence-electron chi connectivity index (χ2n) is 12.3. The third-order valence-corrected chi connectivity index (χ3v) is 9.99. The van der Waals surface area contributed by atoms with Gasteiger partial charge in [0.05, 0.1) is 22.9 Å². The fourth-order valence-corrected chi connectivity index (χ4v) is 8.04. The van der Waals surface area contributed by atoms with Gasteiger partial charge in [0.15, 0.2) is 5.58 Å². The van der Waals surface area contributed by atoms with E-state index < -0.39 is 5.41 Å². The summed E-state index contributed by atoms with van der Waals surface area (Å²) in [4.78, 5) is 14.3. The fourth-order valence-electron chi connectivity index (χ4n) is 8.04. The number of rotatable bonds is 2. The first-order valence-corrected chi connectivity index (χ1v) is 15.8. The Hall–Kier alpha value is -5.87. The van der Waals surface area contributed by atoms with Crippen molar-refractivity contribution in [1.29, 1.82) is 0 Å². The van der Waals surface area contributed by atoms with E-state index in [-0.39, 0.29) is 5.56 Å². The highest BCUT2D eigenvalue weighted by Gasteiger charge is 2.50. The van der Waals surface area contributed by atoms with Crippen LogP contribution in [-0.4, -0.2) is 4.57 Å². The summed E-state index contributed by atoms with van der Waals surface area (Å²) in [5, 5.41) is 1.81. The van der Waals surface area contributed by atoms with Gasteiger partial charge in [-0.1, -0.05) is 97.1 Å². The highest BCUT2D eigenvalue weighted by Crippen LogP contribution is 2.60. The van der Waals surface area contributed by atoms with E-state index in [1.165, 1.54) is 5.57 Å². The molecule has 1 unspecified atom stereocenters. The molecule has 1 spiro atoms. The Morgan fingerprint density at radius 1 is 0.630 bits per heavy atom. The average molecular weight is 594 g/mol. The lowest BCUT2D eigenvalue weighted by atomic mass is 9.61. The Kier molecular flexibility index (Phi) is 5.16. The van der Waals surface area contributed by atoms with Crippen LogP contribution >= 0.6 is 0 Å². The Morgan fingerprint density at radius 3 is 2.22 bits per heavy atom. The van der Waals surface area contributed by atoms with Crippen molar-refractivity contribution in [3.63, 3.8) is 0 Å². The molecule has 1 atom stereocenters. The van der Waals surface area contributed by atoms with Gasteiger partial charge in [0.2, 0.25) is 0 Å². The fraction of sp³-hybridized carbons (Fsp3) is 0.0714. The van der Waals surface area contributed by atoms with Crippen LogP contribution in [0.2, 0.25) is 0 Å². The minimum atomic E-state index is -0.775. The van der Waals surface area contributed by atoms with Crippen LogP contribution in [0.3, 0.4) is 0 Å². The molecule has 7 aromatic rings. The standard InChI is InChI=1S/C42H27NO3/c44-41-40-31(22-23-45-40)30-14-9-16-33-39(30)43(41)36-17-8-7-15-32(36)42(33)34-24-28(26-10-3-1-4-11-26)18-20-37(34)46-38-21-19-29(25-35(38)42)27-12-5-2-6-13-27/h1,3-5,7-25H,2,6H2.